The molecule has 0 spiro atoms. The van der Waals surface area contributed by atoms with Crippen LogP contribution in [0.15, 0.2) is 6.20 Å². The minimum atomic E-state index is 0.0904. The van der Waals surface area contributed by atoms with Gasteiger partial charge in [-0.25, -0.2) is 0 Å². The first-order chi connectivity index (χ1) is 9.74. The van der Waals surface area contributed by atoms with Gasteiger partial charge in [-0.3, -0.25) is 9.48 Å². The molecular formula is C15H22N4O. The monoisotopic (exact) mass is 274 g/mol. The van der Waals surface area contributed by atoms with Crippen LogP contribution < -0.4 is 0 Å². The molecule has 1 saturated heterocycles. The van der Waals surface area contributed by atoms with E-state index in [2.05, 4.69) is 11.2 Å². The Hall–Kier alpha value is -1.83. The van der Waals surface area contributed by atoms with Crippen molar-refractivity contribution >= 4 is 5.91 Å². The van der Waals surface area contributed by atoms with Crippen LogP contribution in [-0.4, -0.2) is 33.7 Å². The molecule has 0 bridgehead atoms. The van der Waals surface area contributed by atoms with Gasteiger partial charge in [-0.05, 0) is 19.8 Å². The van der Waals surface area contributed by atoms with E-state index in [-0.39, 0.29) is 5.91 Å². The number of hydrogen-bond acceptors (Lipinski definition) is 3. The number of carbonyl (C=O) groups excluding carboxylic acids is 1. The zero-order valence-electron chi connectivity index (χ0n) is 12.1. The molecule has 0 aromatic carbocycles. The molecular weight excluding hydrogens is 252 g/mol. The molecule has 2 rings (SSSR count). The van der Waals surface area contributed by atoms with Gasteiger partial charge < -0.3 is 4.90 Å². The van der Waals surface area contributed by atoms with Crippen molar-refractivity contribution < 1.29 is 4.79 Å². The molecule has 0 N–H and O–H groups in total. The van der Waals surface area contributed by atoms with Crippen LogP contribution in [0, 0.1) is 18.3 Å². The Morgan fingerprint density at radius 1 is 1.30 bits per heavy atom. The first kappa shape index (κ1) is 14.6. The predicted molar refractivity (Wildman–Crippen MR) is 76.2 cm³/mol. The van der Waals surface area contributed by atoms with E-state index >= 15 is 0 Å². The lowest BCUT2D eigenvalue weighted by Crippen LogP contribution is -2.34. The molecule has 1 aromatic heterocycles. The van der Waals surface area contributed by atoms with Gasteiger partial charge in [-0.2, -0.15) is 10.4 Å². The van der Waals surface area contributed by atoms with Gasteiger partial charge in [0.15, 0.2) is 0 Å². The van der Waals surface area contributed by atoms with Gasteiger partial charge in [0.25, 0.3) is 5.91 Å². The molecule has 1 amide bonds. The summed E-state index contributed by atoms with van der Waals surface area (Å²) < 4.78 is 1.75. The van der Waals surface area contributed by atoms with Crippen LogP contribution >= 0.6 is 0 Å². The third kappa shape index (κ3) is 3.38. The van der Waals surface area contributed by atoms with Crippen molar-refractivity contribution in [2.45, 2.75) is 52.0 Å². The summed E-state index contributed by atoms with van der Waals surface area (Å²) in [5, 5.41) is 12.9. The lowest BCUT2D eigenvalue weighted by molar-refractivity contribution is 0.0741. The van der Waals surface area contributed by atoms with E-state index < -0.39 is 0 Å². The topological polar surface area (TPSA) is 61.9 Å². The first-order valence-corrected chi connectivity index (χ1v) is 7.42. The van der Waals surface area contributed by atoms with E-state index in [1.54, 1.807) is 10.9 Å². The van der Waals surface area contributed by atoms with Gasteiger partial charge in [-0.1, -0.05) is 19.3 Å². The van der Waals surface area contributed by atoms with Crippen molar-refractivity contribution in [2.24, 2.45) is 0 Å². The highest BCUT2D eigenvalue weighted by Crippen LogP contribution is 2.16. The number of nitriles is 1. The SMILES string of the molecule is Cc1c(C(=O)N2CCCCCCC2)cnn1CCC#N. The fourth-order valence-electron chi connectivity index (χ4n) is 2.66. The number of nitrogens with zero attached hydrogens (tertiary/aromatic N) is 4. The number of amides is 1. The fourth-order valence-corrected chi connectivity index (χ4v) is 2.66. The highest BCUT2D eigenvalue weighted by atomic mass is 16.2. The molecule has 0 aliphatic carbocycles. The number of likely N-dealkylation sites (tertiary alicyclic amines) is 1. The quantitative estimate of drug-likeness (QED) is 0.850. The number of aryl methyl sites for hydroxylation is 1. The molecule has 0 atom stereocenters. The molecule has 5 heteroatoms. The zero-order chi connectivity index (χ0) is 14.4. The van der Waals surface area contributed by atoms with E-state index in [1.807, 2.05) is 11.8 Å². The summed E-state index contributed by atoms with van der Waals surface area (Å²) in [7, 11) is 0. The number of carbonyl (C=O) groups is 1. The van der Waals surface area contributed by atoms with Gasteiger partial charge in [0, 0.05) is 18.8 Å². The van der Waals surface area contributed by atoms with Crippen LogP contribution in [0.25, 0.3) is 0 Å². The summed E-state index contributed by atoms with van der Waals surface area (Å²) in [6, 6.07) is 2.10. The predicted octanol–water partition coefficient (Wildman–Crippen LogP) is 2.51. The van der Waals surface area contributed by atoms with Gasteiger partial charge in [0.2, 0.25) is 0 Å². The summed E-state index contributed by atoms with van der Waals surface area (Å²) >= 11 is 0. The van der Waals surface area contributed by atoms with Crippen LogP contribution in [0.4, 0.5) is 0 Å². The molecule has 1 aromatic rings. The molecule has 0 radical (unpaired) electrons. The molecule has 0 saturated carbocycles. The second kappa shape index (κ2) is 7.09. The molecule has 20 heavy (non-hydrogen) atoms. The van der Waals surface area contributed by atoms with Crippen LogP contribution in [0.3, 0.4) is 0 Å². The Kier molecular flexibility index (Phi) is 5.16. The lowest BCUT2D eigenvalue weighted by Gasteiger charge is -2.24. The minimum Gasteiger partial charge on any atom is -0.339 e. The molecule has 1 aliphatic heterocycles. The van der Waals surface area contributed by atoms with Crippen molar-refractivity contribution in [2.75, 3.05) is 13.1 Å². The standard InChI is InChI=1S/C15H22N4O/c1-13-14(12-17-19(13)11-7-8-16)15(20)18-9-5-3-2-4-6-10-18/h12H,2-7,9-11H2,1H3. The van der Waals surface area contributed by atoms with Gasteiger partial charge >= 0.3 is 0 Å². The minimum absolute atomic E-state index is 0.0904. The molecule has 1 aliphatic rings. The largest absolute Gasteiger partial charge is 0.339 e. The molecule has 0 unspecified atom stereocenters. The Labute approximate surface area is 120 Å². The Balaban J connectivity index is 2.07. The van der Waals surface area contributed by atoms with Crippen molar-refractivity contribution in [3.05, 3.63) is 17.5 Å². The summed E-state index contributed by atoms with van der Waals surface area (Å²) in [4.78, 5) is 14.5. The summed E-state index contributed by atoms with van der Waals surface area (Å²) in [5.41, 5.74) is 1.55. The maximum absolute atomic E-state index is 12.6. The normalized spacial score (nSPS) is 16.3. The summed E-state index contributed by atoms with van der Waals surface area (Å²) in [5.74, 6) is 0.0904. The maximum Gasteiger partial charge on any atom is 0.257 e. The van der Waals surface area contributed by atoms with Crippen LogP contribution in [0.2, 0.25) is 0 Å². The smallest absolute Gasteiger partial charge is 0.257 e. The van der Waals surface area contributed by atoms with Crippen LogP contribution in [0.1, 0.15) is 54.6 Å². The van der Waals surface area contributed by atoms with Crippen LogP contribution in [-0.2, 0) is 6.54 Å². The van der Waals surface area contributed by atoms with E-state index in [0.717, 1.165) is 31.6 Å². The molecule has 2 heterocycles. The lowest BCUT2D eigenvalue weighted by atomic mass is 10.1. The average Bonchev–Trinajstić information content (AvgIpc) is 2.76. The number of rotatable bonds is 3. The highest BCUT2D eigenvalue weighted by molar-refractivity contribution is 5.95. The Morgan fingerprint density at radius 3 is 2.60 bits per heavy atom. The maximum atomic E-state index is 12.6. The fraction of sp³-hybridized carbons (Fsp3) is 0.667. The first-order valence-electron chi connectivity index (χ1n) is 7.42. The van der Waals surface area contributed by atoms with Gasteiger partial charge in [0.1, 0.15) is 0 Å². The highest BCUT2D eigenvalue weighted by Gasteiger charge is 2.20. The third-order valence-corrected chi connectivity index (χ3v) is 3.91. The van der Waals surface area contributed by atoms with Gasteiger partial charge in [0.05, 0.1) is 30.8 Å². The Bertz CT molecular complexity index is 492. The van der Waals surface area contributed by atoms with Crippen molar-refractivity contribution in [3.63, 3.8) is 0 Å². The third-order valence-electron chi connectivity index (χ3n) is 3.91. The van der Waals surface area contributed by atoms with E-state index in [1.165, 1.54) is 19.3 Å². The van der Waals surface area contributed by atoms with Crippen molar-refractivity contribution in [1.82, 2.24) is 14.7 Å². The van der Waals surface area contributed by atoms with Crippen molar-refractivity contribution in [3.8, 4) is 6.07 Å². The molecule has 5 nitrogen and oxygen atoms in total. The van der Waals surface area contributed by atoms with E-state index in [9.17, 15) is 4.79 Å². The summed E-state index contributed by atoms with van der Waals surface area (Å²) in [6.45, 7) is 4.15. The van der Waals surface area contributed by atoms with Crippen molar-refractivity contribution in [1.29, 1.82) is 5.26 Å². The van der Waals surface area contributed by atoms with Crippen LogP contribution in [0.5, 0.6) is 0 Å². The summed E-state index contributed by atoms with van der Waals surface area (Å²) in [6.07, 6.45) is 7.95. The van der Waals surface area contributed by atoms with E-state index in [4.69, 9.17) is 5.26 Å². The molecule has 108 valence electrons. The number of hydrogen-bond donors (Lipinski definition) is 0. The number of aromatic nitrogens is 2. The second-order valence-corrected chi connectivity index (χ2v) is 5.33. The Morgan fingerprint density at radius 2 is 1.95 bits per heavy atom. The average molecular weight is 274 g/mol. The zero-order valence-corrected chi connectivity index (χ0v) is 12.1. The second-order valence-electron chi connectivity index (χ2n) is 5.33. The van der Waals surface area contributed by atoms with Gasteiger partial charge in [-0.15, -0.1) is 0 Å². The van der Waals surface area contributed by atoms with E-state index in [0.29, 0.717) is 18.5 Å². The molecule has 1 fully saturated rings.